The first-order valence-corrected chi connectivity index (χ1v) is 10.7. The number of thiol groups is 1. The minimum Gasteiger partial charge on any atom is -0.480 e. The molecule has 172 valence electrons. The maximum atomic E-state index is 12.8. The van der Waals surface area contributed by atoms with Crippen LogP contribution >= 0.6 is 12.6 Å². The van der Waals surface area contributed by atoms with Gasteiger partial charge in [0.1, 0.15) is 18.1 Å². The van der Waals surface area contributed by atoms with E-state index >= 15 is 0 Å². The summed E-state index contributed by atoms with van der Waals surface area (Å²) in [5, 5.41) is 29.4. The van der Waals surface area contributed by atoms with Gasteiger partial charge in [-0.2, -0.15) is 12.6 Å². The SMILES string of the molecule is CC(O)C(NC(=O)C(CCCCN)NC(=O)C1CCCN1)C(=O)NC(CS)C(=O)O. The first kappa shape index (κ1) is 26.1. The van der Waals surface area contributed by atoms with E-state index in [1.54, 1.807) is 0 Å². The number of carbonyl (C=O) groups is 4. The number of nitrogens with one attached hydrogen (secondary N) is 4. The molecule has 12 heteroatoms. The zero-order valence-corrected chi connectivity index (χ0v) is 18.0. The van der Waals surface area contributed by atoms with Crippen molar-refractivity contribution in [1.82, 2.24) is 21.3 Å². The minimum atomic E-state index is -1.39. The summed E-state index contributed by atoms with van der Waals surface area (Å²) in [6.45, 7) is 2.46. The lowest BCUT2D eigenvalue weighted by Gasteiger charge is -2.26. The molecule has 11 nitrogen and oxygen atoms in total. The van der Waals surface area contributed by atoms with E-state index in [4.69, 9.17) is 10.8 Å². The van der Waals surface area contributed by atoms with Crippen molar-refractivity contribution in [2.45, 2.75) is 69.3 Å². The monoisotopic (exact) mass is 447 g/mol. The van der Waals surface area contributed by atoms with Crippen LogP contribution in [0.15, 0.2) is 0 Å². The summed E-state index contributed by atoms with van der Waals surface area (Å²) in [7, 11) is 0. The van der Waals surface area contributed by atoms with Crippen LogP contribution in [0.1, 0.15) is 39.0 Å². The van der Waals surface area contributed by atoms with E-state index in [2.05, 4.69) is 33.9 Å². The van der Waals surface area contributed by atoms with Crippen LogP contribution in [0.25, 0.3) is 0 Å². The second kappa shape index (κ2) is 13.4. The molecule has 0 aromatic rings. The van der Waals surface area contributed by atoms with Gasteiger partial charge in [0.15, 0.2) is 0 Å². The number of carboxylic acids is 1. The van der Waals surface area contributed by atoms with E-state index in [1.807, 2.05) is 0 Å². The van der Waals surface area contributed by atoms with Crippen molar-refractivity contribution < 1.29 is 29.4 Å². The second-order valence-corrected chi connectivity index (χ2v) is 7.67. The molecule has 1 fully saturated rings. The molecule has 0 aromatic heterocycles. The van der Waals surface area contributed by atoms with E-state index in [1.165, 1.54) is 6.92 Å². The van der Waals surface area contributed by atoms with E-state index in [-0.39, 0.29) is 17.7 Å². The lowest BCUT2D eigenvalue weighted by Crippen LogP contribution is -2.60. The fourth-order valence-electron chi connectivity index (χ4n) is 3.05. The van der Waals surface area contributed by atoms with Crippen molar-refractivity contribution in [3.8, 4) is 0 Å². The summed E-state index contributed by atoms with van der Waals surface area (Å²) in [6.07, 6.45) is 1.79. The molecule has 0 saturated carbocycles. The highest BCUT2D eigenvalue weighted by Gasteiger charge is 2.33. The fraction of sp³-hybridized carbons (Fsp3) is 0.778. The molecule has 30 heavy (non-hydrogen) atoms. The fourth-order valence-corrected chi connectivity index (χ4v) is 3.30. The molecular weight excluding hydrogens is 414 g/mol. The zero-order valence-electron chi connectivity index (χ0n) is 17.1. The third kappa shape index (κ3) is 8.46. The minimum absolute atomic E-state index is 0.159. The highest BCUT2D eigenvalue weighted by atomic mass is 32.1. The molecule has 1 saturated heterocycles. The molecule has 0 aliphatic carbocycles. The number of aliphatic carboxylic acids is 1. The quantitative estimate of drug-likeness (QED) is 0.115. The van der Waals surface area contributed by atoms with Crippen molar-refractivity contribution in [1.29, 1.82) is 0 Å². The van der Waals surface area contributed by atoms with Gasteiger partial charge in [0.25, 0.3) is 0 Å². The van der Waals surface area contributed by atoms with Crippen molar-refractivity contribution in [2.24, 2.45) is 5.73 Å². The molecule has 0 aromatic carbocycles. The van der Waals surface area contributed by atoms with Gasteiger partial charge in [-0.3, -0.25) is 14.4 Å². The van der Waals surface area contributed by atoms with Gasteiger partial charge in [-0.1, -0.05) is 0 Å². The van der Waals surface area contributed by atoms with Crippen molar-refractivity contribution >= 4 is 36.3 Å². The molecule has 1 aliphatic rings. The van der Waals surface area contributed by atoms with Crippen molar-refractivity contribution in [3.05, 3.63) is 0 Å². The highest BCUT2D eigenvalue weighted by molar-refractivity contribution is 7.80. The second-order valence-electron chi connectivity index (χ2n) is 7.30. The number of aliphatic hydroxyl groups is 1. The molecule has 1 aliphatic heterocycles. The number of rotatable bonds is 13. The molecule has 5 atom stereocenters. The van der Waals surface area contributed by atoms with Gasteiger partial charge < -0.3 is 37.2 Å². The first-order chi connectivity index (χ1) is 14.2. The lowest BCUT2D eigenvalue weighted by molar-refractivity contribution is -0.142. The molecule has 0 bridgehead atoms. The Hall–Kier alpha value is -1.89. The maximum absolute atomic E-state index is 12.8. The summed E-state index contributed by atoms with van der Waals surface area (Å²) in [5.74, 6) is -3.25. The number of nitrogens with two attached hydrogens (primary N) is 1. The number of carboxylic acid groups (broad SMARTS) is 1. The molecule has 0 radical (unpaired) electrons. The van der Waals surface area contributed by atoms with Crippen molar-refractivity contribution in [3.63, 3.8) is 0 Å². The van der Waals surface area contributed by atoms with Crippen LogP contribution in [-0.2, 0) is 19.2 Å². The maximum Gasteiger partial charge on any atom is 0.327 e. The predicted octanol–water partition coefficient (Wildman–Crippen LogP) is -2.28. The van der Waals surface area contributed by atoms with Crippen LogP contribution < -0.4 is 27.0 Å². The number of carbonyl (C=O) groups excluding carboxylic acids is 3. The van der Waals surface area contributed by atoms with Crippen LogP contribution in [0.4, 0.5) is 0 Å². The van der Waals surface area contributed by atoms with Gasteiger partial charge in [-0.05, 0) is 52.1 Å². The van der Waals surface area contributed by atoms with Crippen LogP contribution in [0, 0.1) is 0 Å². The average molecular weight is 448 g/mol. The molecule has 1 heterocycles. The molecule has 3 amide bonds. The third-order valence-electron chi connectivity index (χ3n) is 4.82. The summed E-state index contributed by atoms with van der Waals surface area (Å²) in [6, 6.07) is -3.96. The van der Waals surface area contributed by atoms with Gasteiger partial charge in [-0.15, -0.1) is 0 Å². The van der Waals surface area contributed by atoms with Gasteiger partial charge in [0.05, 0.1) is 12.1 Å². The first-order valence-electron chi connectivity index (χ1n) is 10.1. The van der Waals surface area contributed by atoms with E-state index < -0.39 is 42.0 Å². The zero-order chi connectivity index (χ0) is 22.7. The number of hydrogen-bond acceptors (Lipinski definition) is 8. The summed E-state index contributed by atoms with van der Waals surface area (Å²) in [5.41, 5.74) is 5.50. The number of unbranched alkanes of at least 4 members (excludes halogenated alkanes) is 1. The summed E-state index contributed by atoms with van der Waals surface area (Å²) in [4.78, 5) is 48.7. The van der Waals surface area contributed by atoms with Crippen LogP contribution in [-0.4, -0.2) is 83.0 Å². The Morgan fingerprint density at radius 2 is 1.83 bits per heavy atom. The van der Waals surface area contributed by atoms with Gasteiger partial charge in [0, 0.05) is 5.75 Å². The van der Waals surface area contributed by atoms with Gasteiger partial charge in [-0.25, -0.2) is 4.79 Å². The molecule has 1 rings (SSSR count). The van der Waals surface area contributed by atoms with E-state index in [9.17, 15) is 24.3 Å². The summed E-state index contributed by atoms with van der Waals surface area (Å²) >= 11 is 3.87. The lowest BCUT2D eigenvalue weighted by atomic mass is 10.1. The van der Waals surface area contributed by atoms with E-state index in [0.29, 0.717) is 32.2 Å². The Morgan fingerprint density at radius 1 is 1.13 bits per heavy atom. The Bertz CT molecular complexity index is 600. The Morgan fingerprint density at radius 3 is 2.33 bits per heavy atom. The standard InChI is InChI=1S/C18H33N5O6S/c1-10(24)14(17(27)22-13(9-30)18(28)29)23-16(26)12(5-2-3-7-19)21-15(25)11-6-4-8-20-11/h10-14,20,24,30H,2-9,19H2,1H3,(H,21,25)(H,22,27)(H,23,26)(H,28,29). The number of aliphatic hydroxyl groups excluding tert-OH is 1. The van der Waals surface area contributed by atoms with Crippen molar-refractivity contribution in [2.75, 3.05) is 18.8 Å². The Labute approximate surface area is 181 Å². The third-order valence-corrected chi connectivity index (χ3v) is 5.18. The predicted molar refractivity (Wildman–Crippen MR) is 113 cm³/mol. The largest absolute Gasteiger partial charge is 0.480 e. The molecule has 0 spiro atoms. The summed E-state index contributed by atoms with van der Waals surface area (Å²) < 4.78 is 0. The highest BCUT2D eigenvalue weighted by Crippen LogP contribution is 2.08. The van der Waals surface area contributed by atoms with Crippen LogP contribution in [0.2, 0.25) is 0 Å². The smallest absolute Gasteiger partial charge is 0.327 e. The topological polar surface area (TPSA) is 183 Å². The molecule has 8 N–H and O–H groups in total. The molecular formula is C18H33N5O6S. The Kier molecular flexibility index (Phi) is 11.7. The van der Waals surface area contributed by atoms with Crippen LogP contribution in [0.3, 0.4) is 0 Å². The number of hydrogen-bond donors (Lipinski definition) is 8. The average Bonchev–Trinajstić information content (AvgIpc) is 3.23. The van der Waals surface area contributed by atoms with Gasteiger partial charge >= 0.3 is 5.97 Å². The van der Waals surface area contributed by atoms with Crippen LogP contribution in [0.5, 0.6) is 0 Å². The normalized spacial score (nSPS) is 19.9. The van der Waals surface area contributed by atoms with E-state index in [0.717, 1.165) is 13.0 Å². The number of amides is 3. The molecule has 5 unspecified atom stereocenters. The van der Waals surface area contributed by atoms with Gasteiger partial charge in [0.2, 0.25) is 17.7 Å². The Balaban J connectivity index is 2.83.